The summed E-state index contributed by atoms with van der Waals surface area (Å²) in [6.45, 7) is 11.9. The van der Waals surface area contributed by atoms with E-state index in [1.807, 2.05) is 0 Å². The van der Waals surface area contributed by atoms with E-state index in [0.29, 0.717) is 12.1 Å². The average molecular weight is 200 g/mol. The highest BCUT2D eigenvalue weighted by Crippen LogP contribution is 2.05. The molecule has 0 aromatic heterocycles. The van der Waals surface area contributed by atoms with Crippen LogP contribution in [0.25, 0.3) is 0 Å². The van der Waals surface area contributed by atoms with Crippen LogP contribution in [-0.4, -0.2) is 49.8 Å². The Labute approximate surface area is 87.8 Å². The fourth-order valence-electron chi connectivity index (χ4n) is 1.80. The zero-order chi connectivity index (χ0) is 10.4. The molecule has 1 atom stereocenters. The Morgan fingerprint density at radius 3 is 2.93 bits per heavy atom. The standard InChI is InChI=1S/C11H24N2O/c1-10(2)14-9-8-13-7-6-12-5-4-11(13)3/h10-12H,4-9H2,1-3H3. The van der Waals surface area contributed by atoms with E-state index in [-0.39, 0.29) is 0 Å². The summed E-state index contributed by atoms with van der Waals surface area (Å²) in [6, 6.07) is 0.695. The molecule has 0 saturated carbocycles. The maximum atomic E-state index is 5.57. The van der Waals surface area contributed by atoms with E-state index in [1.54, 1.807) is 0 Å². The van der Waals surface area contributed by atoms with Gasteiger partial charge in [-0.25, -0.2) is 0 Å². The van der Waals surface area contributed by atoms with E-state index >= 15 is 0 Å². The van der Waals surface area contributed by atoms with Gasteiger partial charge < -0.3 is 10.1 Å². The van der Waals surface area contributed by atoms with Crippen LogP contribution >= 0.6 is 0 Å². The lowest BCUT2D eigenvalue weighted by Crippen LogP contribution is -2.37. The van der Waals surface area contributed by atoms with Crippen molar-refractivity contribution in [2.24, 2.45) is 0 Å². The van der Waals surface area contributed by atoms with Crippen molar-refractivity contribution in [3.8, 4) is 0 Å². The summed E-state index contributed by atoms with van der Waals surface area (Å²) < 4.78 is 5.57. The predicted octanol–water partition coefficient (Wildman–Crippen LogP) is 1.10. The normalized spacial score (nSPS) is 25.3. The molecule has 3 nitrogen and oxygen atoms in total. The van der Waals surface area contributed by atoms with E-state index < -0.39 is 0 Å². The van der Waals surface area contributed by atoms with E-state index in [9.17, 15) is 0 Å². The van der Waals surface area contributed by atoms with Crippen LogP contribution < -0.4 is 5.32 Å². The molecule has 14 heavy (non-hydrogen) atoms. The first-order valence-corrected chi connectivity index (χ1v) is 5.76. The minimum absolute atomic E-state index is 0.357. The molecule has 1 aliphatic rings. The summed E-state index contributed by atoms with van der Waals surface area (Å²) in [5, 5.41) is 3.42. The molecular weight excluding hydrogens is 176 g/mol. The predicted molar refractivity (Wildman–Crippen MR) is 59.6 cm³/mol. The summed E-state index contributed by atoms with van der Waals surface area (Å²) in [5.74, 6) is 0. The first kappa shape index (κ1) is 12.0. The van der Waals surface area contributed by atoms with E-state index in [2.05, 4.69) is 31.0 Å². The quantitative estimate of drug-likeness (QED) is 0.735. The van der Waals surface area contributed by atoms with Crippen LogP contribution in [0.4, 0.5) is 0 Å². The van der Waals surface area contributed by atoms with E-state index in [1.165, 1.54) is 6.42 Å². The molecule has 84 valence electrons. The van der Waals surface area contributed by atoms with Crippen LogP contribution in [0.3, 0.4) is 0 Å². The highest BCUT2D eigenvalue weighted by atomic mass is 16.5. The van der Waals surface area contributed by atoms with Crippen molar-refractivity contribution in [2.75, 3.05) is 32.8 Å². The Kier molecular flexibility index (Phi) is 5.45. The van der Waals surface area contributed by atoms with E-state index in [4.69, 9.17) is 4.74 Å². The second-order valence-electron chi connectivity index (χ2n) is 4.34. The third kappa shape index (κ3) is 4.40. The van der Waals surface area contributed by atoms with Gasteiger partial charge in [-0.15, -0.1) is 0 Å². The average Bonchev–Trinajstić information content (AvgIpc) is 2.31. The maximum Gasteiger partial charge on any atom is 0.0597 e. The summed E-state index contributed by atoms with van der Waals surface area (Å²) >= 11 is 0. The second-order valence-corrected chi connectivity index (χ2v) is 4.34. The smallest absolute Gasteiger partial charge is 0.0597 e. The number of hydrogen-bond acceptors (Lipinski definition) is 3. The molecule has 0 aromatic carbocycles. The molecule has 1 unspecified atom stereocenters. The highest BCUT2D eigenvalue weighted by molar-refractivity contribution is 4.73. The van der Waals surface area contributed by atoms with Crippen LogP contribution in [0.1, 0.15) is 27.2 Å². The lowest BCUT2D eigenvalue weighted by Gasteiger charge is -2.26. The Morgan fingerprint density at radius 2 is 2.21 bits per heavy atom. The van der Waals surface area contributed by atoms with Crippen molar-refractivity contribution >= 4 is 0 Å². The van der Waals surface area contributed by atoms with Gasteiger partial charge in [0.05, 0.1) is 12.7 Å². The molecule has 0 amide bonds. The minimum Gasteiger partial charge on any atom is -0.377 e. The Bertz CT molecular complexity index is 150. The van der Waals surface area contributed by atoms with Crippen molar-refractivity contribution < 1.29 is 4.74 Å². The number of ether oxygens (including phenoxy) is 1. The van der Waals surface area contributed by atoms with Crippen molar-refractivity contribution in [3.05, 3.63) is 0 Å². The first-order valence-electron chi connectivity index (χ1n) is 5.76. The third-order valence-corrected chi connectivity index (χ3v) is 2.77. The van der Waals surface area contributed by atoms with Gasteiger partial charge in [0.25, 0.3) is 0 Å². The fourth-order valence-corrected chi connectivity index (χ4v) is 1.80. The van der Waals surface area contributed by atoms with Gasteiger partial charge in [-0.1, -0.05) is 0 Å². The molecule has 1 fully saturated rings. The topological polar surface area (TPSA) is 24.5 Å². The third-order valence-electron chi connectivity index (χ3n) is 2.77. The summed E-state index contributed by atoms with van der Waals surface area (Å²) in [5.41, 5.74) is 0. The number of nitrogens with one attached hydrogen (secondary N) is 1. The van der Waals surface area contributed by atoms with Crippen LogP contribution in [-0.2, 0) is 4.74 Å². The zero-order valence-electron chi connectivity index (χ0n) is 9.75. The van der Waals surface area contributed by atoms with Gasteiger partial charge in [0, 0.05) is 25.7 Å². The van der Waals surface area contributed by atoms with Gasteiger partial charge in [-0.05, 0) is 33.7 Å². The molecule has 0 aliphatic carbocycles. The minimum atomic E-state index is 0.357. The lowest BCUT2D eigenvalue weighted by atomic mass is 10.2. The Morgan fingerprint density at radius 1 is 1.43 bits per heavy atom. The molecule has 1 rings (SSSR count). The van der Waals surface area contributed by atoms with Gasteiger partial charge in [-0.2, -0.15) is 0 Å². The van der Waals surface area contributed by atoms with E-state index in [0.717, 1.165) is 32.8 Å². The van der Waals surface area contributed by atoms with Gasteiger partial charge in [-0.3, -0.25) is 4.90 Å². The summed E-state index contributed by atoms with van der Waals surface area (Å²) in [7, 11) is 0. The molecule has 1 N–H and O–H groups in total. The number of rotatable bonds is 4. The molecule has 0 spiro atoms. The fraction of sp³-hybridized carbons (Fsp3) is 1.00. The molecular formula is C11H24N2O. The van der Waals surface area contributed by atoms with Gasteiger partial charge in [0.1, 0.15) is 0 Å². The second kappa shape index (κ2) is 6.38. The number of hydrogen-bond donors (Lipinski definition) is 1. The number of nitrogens with zero attached hydrogens (tertiary/aromatic N) is 1. The Balaban J connectivity index is 2.19. The van der Waals surface area contributed by atoms with Crippen molar-refractivity contribution in [2.45, 2.75) is 39.3 Å². The van der Waals surface area contributed by atoms with Crippen LogP contribution in [0.5, 0.6) is 0 Å². The lowest BCUT2D eigenvalue weighted by molar-refractivity contribution is 0.0522. The van der Waals surface area contributed by atoms with Gasteiger partial charge in [0.2, 0.25) is 0 Å². The van der Waals surface area contributed by atoms with Crippen molar-refractivity contribution in [3.63, 3.8) is 0 Å². The molecule has 1 heterocycles. The highest BCUT2D eigenvalue weighted by Gasteiger charge is 2.15. The molecule has 1 saturated heterocycles. The molecule has 0 bridgehead atoms. The van der Waals surface area contributed by atoms with Gasteiger partial charge in [0.15, 0.2) is 0 Å². The molecule has 0 aromatic rings. The maximum absolute atomic E-state index is 5.57. The Hall–Kier alpha value is -0.120. The molecule has 1 aliphatic heterocycles. The first-order chi connectivity index (χ1) is 6.70. The summed E-state index contributed by atoms with van der Waals surface area (Å²) in [4.78, 5) is 2.52. The zero-order valence-corrected chi connectivity index (χ0v) is 9.75. The van der Waals surface area contributed by atoms with Gasteiger partial charge >= 0.3 is 0 Å². The largest absolute Gasteiger partial charge is 0.377 e. The molecule has 0 radical (unpaired) electrons. The van der Waals surface area contributed by atoms with Crippen LogP contribution in [0, 0.1) is 0 Å². The molecule has 3 heteroatoms. The summed E-state index contributed by atoms with van der Waals surface area (Å²) in [6.07, 6.45) is 1.61. The van der Waals surface area contributed by atoms with Crippen molar-refractivity contribution in [1.82, 2.24) is 10.2 Å². The monoisotopic (exact) mass is 200 g/mol. The SMILES string of the molecule is CC(C)OCCN1CCNCCC1C. The van der Waals surface area contributed by atoms with Crippen LogP contribution in [0.2, 0.25) is 0 Å². The van der Waals surface area contributed by atoms with Crippen molar-refractivity contribution in [1.29, 1.82) is 0 Å². The van der Waals surface area contributed by atoms with Crippen LogP contribution in [0.15, 0.2) is 0 Å².